The third-order valence-electron chi connectivity index (χ3n) is 7.51. The van der Waals surface area contributed by atoms with Crippen molar-refractivity contribution >= 4 is 40.7 Å². The standard InChI is InChI=1S/C33H42N4O6S/c1-20(2)37(17-16-35(6)7)32(40)43-22-11-12-24(27(18-22)41-9)23-13-14-26-29(36(8)31(39)33(4,5)34-26)25(23)19-42-30(38)28-15-10-21(3)44-28/h10-15,18,20,34H,16-17,19H2,1-9H3. The van der Waals surface area contributed by atoms with E-state index in [1.165, 1.54) is 11.3 Å². The van der Waals surface area contributed by atoms with Gasteiger partial charge in [0.1, 0.15) is 28.5 Å². The Morgan fingerprint density at radius 2 is 1.75 bits per heavy atom. The van der Waals surface area contributed by atoms with E-state index in [0.29, 0.717) is 51.8 Å². The first-order valence-corrected chi connectivity index (χ1v) is 15.3. The third-order valence-corrected chi connectivity index (χ3v) is 8.49. The molecule has 10 nitrogen and oxygen atoms in total. The average molecular weight is 623 g/mol. The Morgan fingerprint density at radius 1 is 1.05 bits per heavy atom. The van der Waals surface area contributed by atoms with Crippen molar-refractivity contribution in [2.24, 2.45) is 0 Å². The molecule has 0 aliphatic carbocycles. The van der Waals surface area contributed by atoms with Gasteiger partial charge in [0.25, 0.3) is 5.91 Å². The van der Waals surface area contributed by atoms with E-state index >= 15 is 0 Å². The van der Waals surface area contributed by atoms with Crippen molar-refractivity contribution in [3.05, 3.63) is 57.8 Å². The van der Waals surface area contributed by atoms with Gasteiger partial charge in [0.05, 0.1) is 18.5 Å². The van der Waals surface area contributed by atoms with Crippen LogP contribution < -0.4 is 19.7 Å². The number of amides is 2. The highest BCUT2D eigenvalue weighted by Crippen LogP contribution is 2.45. The molecule has 0 radical (unpaired) electrons. The molecule has 3 aromatic rings. The number of hydrogen-bond donors (Lipinski definition) is 1. The van der Waals surface area contributed by atoms with E-state index in [0.717, 1.165) is 10.6 Å². The molecule has 0 saturated heterocycles. The third kappa shape index (κ3) is 7.00. The number of esters is 1. The van der Waals surface area contributed by atoms with Crippen LogP contribution in [-0.4, -0.2) is 80.7 Å². The number of fused-ring (bicyclic) bond motifs is 1. The zero-order valence-electron chi connectivity index (χ0n) is 26.9. The average Bonchev–Trinajstić information content (AvgIpc) is 3.40. The Hall–Kier alpha value is -4.09. The summed E-state index contributed by atoms with van der Waals surface area (Å²) in [6.07, 6.45) is -0.448. The van der Waals surface area contributed by atoms with Gasteiger partial charge >= 0.3 is 12.1 Å². The van der Waals surface area contributed by atoms with E-state index in [-0.39, 0.29) is 18.6 Å². The van der Waals surface area contributed by atoms with Gasteiger partial charge in [-0.3, -0.25) is 4.79 Å². The predicted molar refractivity (Wildman–Crippen MR) is 174 cm³/mol. The van der Waals surface area contributed by atoms with E-state index in [9.17, 15) is 14.4 Å². The van der Waals surface area contributed by atoms with Gasteiger partial charge in [-0.05, 0) is 84.6 Å². The fourth-order valence-corrected chi connectivity index (χ4v) is 5.93. The van der Waals surface area contributed by atoms with Gasteiger partial charge in [-0.1, -0.05) is 6.07 Å². The molecular weight excluding hydrogens is 580 g/mol. The summed E-state index contributed by atoms with van der Waals surface area (Å²) in [5, 5.41) is 3.33. The molecule has 0 fully saturated rings. The summed E-state index contributed by atoms with van der Waals surface area (Å²) < 4.78 is 17.4. The normalized spacial score (nSPS) is 13.9. The van der Waals surface area contributed by atoms with Crippen molar-refractivity contribution < 1.29 is 28.6 Å². The van der Waals surface area contributed by atoms with Gasteiger partial charge in [0.2, 0.25) is 0 Å². The molecule has 1 aliphatic heterocycles. The van der Waals surface area contributed by atoms with Gasteiger partial charge < -0.3 is 34.2 Å². The molecule has 1 aromatic heterocycles. The molecule has 11 heteroatoms. The molecule has 1 aliphatic rings. The Labute approximate surface area is 263 Å². The maximum Gasteiger partial charge on any atom is 0.415 e. The number of methoxy groups -OCH3 is 1. The van der Waals surface area contributed by atoms with Crippen molar-refractivity contribution in [1.29, 1.82) is 0 Å². The maximum atomic E-state index is 13.3. The summed E-state index contributed by atoms with van der Waals surface area (Å²) in [6, 6.07) is 12.6. The number of carbonyl (C=O) groups is 3. The summed E-state index contributed by atoms with van der Waals surface area (Å²) in [5.41, 5.74) is 2.59. The fraction of sp³-hybridized carbons (Fsp3) is 0.424. The molecule has 0 unspecified atom stereocenters. The van der Waals surface area contributed by atoms with Gasteiger partial charge in [-0.25, -0.2) is 9.59 Å². The number of hydrogen-bond acceptors (Lipinski definition) is 9. The predicted octanol–water partition coefficient (Wildman–Crippen LogP) is 6.03. The summed E-state index contributed by atoms with van der Waals surface area (Å²) >= 11 is 1.36. The number of carbonyl (C=O) groups excluding carboxylic acids is 3. The summed E-state index contributed by atoms with van der Waals surface area (Å²) in [4.78, 5) is 46.1. The number of ether oxygens (including phenoxy) is 3. The monoisotopic (exact) mass is 622 g/mol. The van der Waals surface area contributed by atoms with Crippen molar-refractivity contribution in [2.45, 2.75) is 52.8 Å². The second-order valence-corrected chi connectivity index (χ2v) is 13.2. The van der Waals surface area contributed by atoms with E-state index in [1.807, 2.05) is 71.8 Å². The van der Waals surface area contributed by atoms with Crippen LogP contribution >= 0.6 is 11.3 Å². The molecule has 0 atom stereocenters. The number of aryl methyl sites for hydroxylation is 1. The largest absolute Gasteiger partial charge is 0.496 e. The van der Waals surface area contributed by atoms with Gasteiger partial charge in [0, 0.05) is 48.2 Å². The lowest BCUT2D eigenvalue weighted by atomic mass is 9.92. The Balaban J connectivity index is 1.72. The van der Waals surface area contributed by atoms with E-state index in [1.54, 1.807) is 48.2 Å². The number of rotatable bonds is 10. The van der Waals surface area contributed by atoms with Crippen molar-refractivity contribution in [3.8, 4) is 22.6 Å². The molecule has 0 spiro atoms. The van der Waals surface area contributed by atoms with Gasteiger partial charge in [-0.15, -0.1) is 11.3 Å². The molecular formula is C33H42N4O6S. The molecule has 0 saturated carbocycles. The van der Waals surface area contributed by atoms with Crippen LogP contribution in [0.4, 0.5) is 16.2 Å². The Bertz CT molecular complexity index is 1550. The first kappa shape index (κ1) is 32.8. The van der Waals surface area contributed by atoms with Crippen LogP contribution in [0.15, 0.2) is 42.5 Å². The summed E-state index contributed by atoms with van der Waals surface area (Å²) in [6.45, 7) is 10.6. The second-order valence-electron chi connectivity index (χ2n) is 11.9. The molecule has 2 amide bonds. The van der Waals surface area contributed by atoms with Crippen molar-refractivity contribution in [3.63, 3.8) is 0 Å². The number of nitrogens with one attached hydrogen (secondary N) is 1. The highest BCUT2D eigenvalue weighted by atomic mass is 32.1. The number of likely N-dealkylation sites (N-methyl/N-ethyl adjacent to an activating group) is 2. The molecule has 236 valence electrons. The highest BCUT2D eigenvalue weighted by Gasteiger charge is 2.39. The lowest BCUT2D eigenvalue weighted by molar-refractivity contribution is -0.121. The number of nitrogens with zero attached hydrogens (tertiary/aromatic N) is 3. The zero-order valence-corrected chi connectivity index (χ0v) is 27.8. The SMILES string of the molecule is COc1cc(OC(=O)N(CCN(C)C)C(C)C)ccc1-c1ccc2c(c1COC(=O)c1ccc(C)s1)N(C)C(=O)C(C)(C)N2. The van der Waals surface area contributed by atoms with E-state index in [2.05, 4.69) is 5.32 Å². The van der Waals surface area contributed by atoms with Crippen LogP contribution in [-0.2, 0) is 16.1 Å². The van der Waals surface area contributed by atoms with Crippen molar-refractivity contribution in [1.82, 2.24) is 9.80 Å². The zero-order chi connectivity index (χ0) is 32.3. The van der Waals surface area contributed by atoms with Crippen LogP contribution in [0.2, 0.25) is 0 Å². The van der Waals surface area contributed by atoms with Crippen molar-refractivity contribution in [2.75, 3.05) is 51.6 Å². The molecule has 1 N–H and O–H groups in total. The van der Waals surface area contributed by atoms with Crippen LogP contribution in [0, 0.1) is 6.92 Å². The summed E-state index contributed by atoms with van der Waals surface area (Å²) in [5.74, 6) is 0.227. The number of anilines is 2. The van der Waals surface area contributed by atoms with Gasteiger partial charge in [-0.2, -0.15) is 0 Å². The lowest BCUT2D eigenvalue weighted by Gasteiger charge is -2.39. The first-order chi connectivity index (χ1) is 20.7. The molecule has 2 aromatic carbocycles. The number of thiophene rings is 1. The van der Waals surface area contributed by atoms with Crippen LogP contribution in [0.1, 0.15) is 47.8 Å². The minimum absolute atomic E-state index is 0.0410. The lowest BCUT2D eigenvalue weighted by Crippen LogP contribution is -2.52. The minimum Gasteiger partial charge on any atom is -0.496 e. The molecule has 2 heterocycles. The van der Waals surface area contributed by atoms with E-state index in [4.69, 9.17) is 14.2 Å². The highest BCUT2D eigenvalue weighted by molar-refractivity contribution is 7.13. The second kappa shape index (κ2) is 13.3. The smallest absolute Gasteiger partial charge is 0.415 e. The summed E-state index contributed by atoms with van der Waals surface area (Å²) in [7, 11) is 7.17. The van der Waals surface area contributed by atoms with Gasteiger partial charge in [0.15, 0.2) is 0 Å². The first-order valence-electron chi connectivity index (χ1n) is 14.5. The number of benzene rings is 2. The Morgan fingerprint density at radius 3 is 2.36 bits per heavy atom. The topological polar surface area (TPSA) is 101 Å². The maximum absolute atomic E-state index is 13.3. The molecule has 44 heavy (non-hydrogen) atoms. The van der Waals surface area contributed by atoms with Crippen LogP contribution in [0.3, 0.4) is 0 Å². The quantitative estimate of drug-likeness (QED) is 0.274. The fourth-order valence-electron chi connectivity index (χ4n) is 5.17. The molecule has 4 rings (SSSR count). The van der Waals surface area contributed by atoms with Crippen LogP contribution in [0.5, 0.6) is 11.5 Å². The minimum atomic E-state index is -0.814. The van der Waals surface area contributed by atoms with E-state index < -0.39 is 17.6 Å². The Kier molecular flexibility index (Phi) is 9.90. The van der Waals surface area contributed by atoms with Crippen LogP contribution in [0.25, 0.3) is 11.1 Å². The molecule has 0 bridgehead atoms.